The van der Waals surface area contributed by atoms with Gasteiger partial charge in [-0.1, -0.05) is 113 Å². The summed E-state index contributed by atoms with van der Waals surface area (Å²) in [5.41, 5.74) is 2.45. The summed E-state index contributed by atoms with van der Waals surface area (Å²) in [5.74, 6) is 0. The number of benzene rings is 2. The van der Waals surface area contributed by atoms with Crippen LogP contribution in [0.15, 0.2) is 54.6 Å². The third kappa shape index (κ3) is 5.29. The molecule has 3 heteroatoms. The molecular formula is C18H21Cl2P. The second-order valence-corrected chi connectivity index (χ2v) is 8.96. The molecule has 0 aliphatic carbocycles. The number of hydrogen-bond donors (Lipinski definition) is 0. The summed E-state index contributed by atoms with van der Waals surface area (Å²) >= 11 is 13.1. The number of alkyl halides is 2. The number of rotatable bonds is 7. The Morgan fingerprint density at radius 3 is 2.29 bits per heavy atom. The van der Waals surface area contributed by atoms with Gasteiger partial charge in [-0.3, -0.25) is 0 Å². The van der Waals surface area contributed by atoms with Crippen LogP contribution in [0.5, 0.6) is 0 Å². The number of unbranched alkanes of at least 4 members (excludes halogenated alkanes) is 2. The molecule has 0 heterocycles. The van der Waals surface area contributed by atoms with Crippen LogP contribution >= 0.6 is 31.8 Å². The SMILES string of the molecule is CCCCCC(Cl)(Cl)Pc1ccccc1-c1ccccc1. The molecule has 0 N–H and O–H groups in total. The van der Waals surface area contributed by atoms with E-state index in [1.165, 1.54) is 29.3 Å². The minimum Gasteiger partial charge on any atom is -0.0965 e. The summed E-state index contributed by atoms with van der Waals surface area (Å²) < 4.78 is -0.653. The summed E-state index contributed by atoms with van der Waals surface area (Å²) in [5, 5.41) is 1.24. The molecule has 0 fully saturated rings. The summed E-state index contributed by atoms with van der Waals surface area (Å²) in [7, 11) is 0.398. The lowest BCUT2D eigenvalue weighted by atomic mass is 10.1. The van der Waals surface area contributed by atoms with Gasteiger partial charge in [0.2, 0.25) is 0 Å². The molecule has 2 aromatic rings. The van der Waals surface area contributed by atoms with Gasteiger partial charge in [0.15, 0.2) is 0 Å². The maximum Gasteiger partial charge on any atom is 0.138 e. The van der Waals surface area contributed by atoms with Gasteiger partial charge >= 0.3 is 0 Å². The van der Waals surface area contributed by atoms with Gasteiger partial charge in [-0.25, -0.2) is 0 Å². The Labute approximate surface area is 139 Å². The van der Waals surface area contributed by atoms with Crippen molar-refractivity contribution in [2.75, 3.05) is 0 Å². The first kappa shape index (κ1) is 16.8. The molecule has 0 spiro atoms. The molecule has 0 saturated heterocycles. The minimum atomic E-state index is -0.653. The average molecular weight is 339 g/mol. The molecular weight excluding hydrogens is 318 g/mol. The van der Waals surface area contributed by atoms with Crippen molar-refractivity contribution in [1.29, 1.82) is 0 Å². The Bertz CT molecular complexity index is 552. The Morgan fingerprint density at radius 2 is 1.57 bits per heavy atom. The van der Waals surface area contributed by atoms with Crippen LogP contribution in [-0.2, 0) is 0 Å². The van der Waals surface area contributed by atoms with E-state index in [0.29, 0.717) is 8.58 Å². The molecule has 2 rings (SSSR count). The van der Waals surface area contributed by atoms with Crippen molar-refractivity contribution in [2.45, 2.75) is 36.7 Å². The lowest BCUT2D eigenvalue weighted by Gasteiger charge is -2.21. The highest BCUT2D eigenvalue weighted by Gasteiger charge is 2.25. The second kappa shape index (κ2) is 8.18. The monoisotopic (exact) mass is 338 g/mol. The van der Waals surface area contributed by atoms with Crippen LogP contribution in [0.4, 0.5) is 0 Å². The Balaban J connectivity index is 2.17. The van der Waals surface area contributed by atoms with Crippen LogP contribution in [-0.4, -0.2) is 4.07 Å². The molecule has 2 aromatic carbocycles. The molecule has 1 atom stereocenters. The van der Waals surface area contributed by atoms with Gasteiger partial charge in [0, 0.05) is 0 Å². The van der Waals surface area contributed by atoms with Gasteiger partial charge < -0.3 is 0 Å². The van der Waals surface area contributed by atoms with Crippen molar-refractivity contribution in [1.82, 2.24) is 0 Å². The van der Waals surface area contributed by atoms with E-state index in [1.807, 2.05) is 6.07 Å². The highest BCUT2D eigenvalue weighted by atomic mass is 35.5. The van der Waals surface area contributed by atoms with E-state index < -0.39 is 4.07 Å². The lowest BCUT2D eigenvalue weighted by Crippen LogP contribution is -2.12. The van der Waals surface area contributed by atoms with Crippen molar-refractivity contribution in [3.63, 3.8) is 0 Å². The van der Waals surface area contributed by atoms with E-state index in [2.05, 4.69) is 55.5 Å². The highest BCUT2D eigenvalue weighted by molar-refractivity contribution is 7.54. The quantitative estimate of drug-likeness (QED) is 0.312. The van der Waals surface area contributed by atoms with Crippen LogP contribution in [0.2, 0.25) is 0 Å². The van der Waals surface area contributed by atoms with Gasteiger partial charge in [0.1, 0.15) is 4.07 Å². The molecule has 0 amide bonds. The predicted molar refractivity (Wildman–Crippen MR) is 98.4 cm³/mol. The van der Waals surface area contributed by atoms with Crippen LogP contribution in [0.3, 0.4) is 0 Å². The molecule has 0 aliphatic rings. The van der Waals surface area contributed by atoms with Crippen molar-refractivity contribution >= 4 is 37.1 Å². The zero-order chi connectivity index (χ0) is 15.1. The second-order valence-electron chi connectivity index (χ2n) is 5.20. The predicted octanol–water partition coefficient (Wildman–Crippen LogP) is 6.37. The van der Waals surface area contributed by atoms with Crippen molar-refractivity contribution in [3.05, 3.63) is 54.6 Å². The van der Waals surface area contributed by atoms with E-state index in [1.54, 1.807) is 0 Å². The van der Waals surface area contributed by atoms with E-state index >= 15 is 0 Å². The standard InChI is InChI=1S/C18H21Cl2P/c1-2-3-9-14-18(19,20)21-17-13-8-7-12-16(17)15-10-5-4-6-11-15/h4-8,10-13,21H,2-3,9,14H2,1H3. The molecule has 0 aliphatic heterocycles. The fourth-order valence-corrected chi connectivity index (χ4v) is 4.43. The Morgan fingerprint density at radius 1 is 0.905 bits per heavy atom. The van der Waals surface area contributed by atoms with E-state index in [4.69, 9.17) is 23.2 Å². The normalized spacial score (nSPS) is 12.1. The van der Waals surface area contributed by atoms with Gasteiger partial charge in [-0.2, -0.15) is 0 Å². The first-order valence-corrected chi connectivity index (χ1v) is 9.18. The zero-order valence-corrected chi connectivity index (χ0v) is 14.8. The van der Waals surface area contributed by atoms with Crippen LogP contribution in [0.1, 0.15) is 32.6 Å². The largest absolute Gasteiger partial charge is 0.138 e. The zero-order valence-electron chi connectivity index (χ0n) is 12.3. The fourth-order valence-electron chi connectivity index (χ4n) is 2.32. The van der Waals surface area contributed by atoms with E-state index in [9.17, 15) is 0 Å². The Kier molecular flexibility index (Phi) is 6.55. The Hall–Kier alpha value is -0.550. The number of halogens is 2. The average Bonchev–Trinajstić information content (AvgIpc) is 2.48. The summed E-state index contributed by atoms with van der Waals surface area (Å²) in [6.07, 6.45) is 4.31. The van der Waals surface area contributed by atoms with Crippen molar-refractivity contribution in [3.8, 4) is 11.1 Å². The molecule has 1 unspecified atom stereocenters. The molecule has 0 aromatic heterocycles. The highest BCUT2D eigenvalue weighted by Crippen LogP contribution is 2.45. The van der Waals surface area contributed by atoms with Crippen molar-refractivity contribution < 1.29 is 0 Å². The smallest absolute Gasteiger partial charge is 0.0965 e. The van der Waals surface area contributed by atoms with Gasteiger partial charge in [-0.05, 0) is 22.9 Å². The summed E-state index contributed by atoms with van der Waals surface area (Å²) in [6.45, 7) is 2.19. The van der Waals surface area contributed by atoms with Crippen LogP contribution in [0, 0.1) is 0 Å². The molecule has 0 nitrogen and oxygen atoms in total. The first-order chi connectivity index (χ1) is 10.1. The molecule has 21 heavy (non-hydrogen) atoms. The third-order valence-corrected chi connectivity index (χ3v) is 5.69. The minimum absolute atomic E-state index is 0.398. The van der Waals surface area contributed by atoms with Crippen molar-refractivity contribution in [2.24, 2.45) is 0 Å². The number of hydrogen-bond acceptors (Lipinski definition) is 0. The fraction of sp³-hybridized carbons (Fsp3) is 0.333. The molecule has 0 saturated carbocycles. The first-order valence-electron chi connectivity index (χ1n) is 7.43. The van der Waals surface area contributed by atoms with Gasteiger partial charge in [0.25, 0.3) is 0 Å². The van der Waals surface area contributed by atoms with E-state index in [-0.39, 0.29) is 0 Å². The summed E-state index contributed by atoms with van der Waals surface area (Å²) in [4.78, 5) is 0. The van der Waals surface area contributed by atoms with E-state index in [0.717, 1.165) is 12.8 Å². The molecule has 0 bridgehead atoms. The maximum atomic E-state index is 6.54. The van der Waals surface area contributed by atoms with Gasteiger partial charge in [-0.15, -0.1) is 0 Å². The lowest BCUT2D eigenvalue weighted by molar-refractivity contribution is 0.679. The molecule has 112 valence electrons. The van der Waals surface area contributed by atoms with Crippen LogP contribution < -0.4 is 5.30 Å². The molecule has 0 radical (unpaired) electrons. The topological polar surface area (TPSA) is 0 Å². The maximum absolute atomic E-state index is 6.54. The summed E-state index contributed by atoms with van der Waals surface area (Å²) in [6, 6.07) is 18.8. The van der Waals surface area contributed by atoms with Gasteiger partial charge in [0.05, 0.1) is 0 Å². The van der Waals surface area contributed by atoms with Crippen LogP contribution in [0.25, 0.3) is 11.1 Å². The third-order valence-electron chi connectivity index (χ3n) is 3.42.